The van der Waals surface area contributed by atoms with Crippen molar-refractivity contribution in [1.82, 2.24) is 9.80 Å². The zero-order chi connectivity index (χ0) is 20.1. The molecule has 26 heavy (non-hydrogen) atoms. The molecule has 0 unspecified atom stereocenters. The molecule has 0 amide bonds. The summed E-state index contributed by atoms with van der Waals surface area (Å²) in [4.78, 5) is 5.14. The zero-order valence-corrected chi connectivity index (χ0v) is 15.3. The van der Waals surface area contributed by atoms with E-state index in [1.54, 1.807) is 37.1 Å². The van der Waals surface area contributed by atoms with Gasteiger partial charge in [-0.3, -0.25) is 0 Å². The Balaban J connectivity index is 2.72. The standard InChI is InChI=1S/C16H19F5N4S/c1-24(2)16(23-13-22)25(3)11-6-4-5-8-14-9-7-10-15(12-14)26(17,18,19,20)21/h7,9-10,12H,4,6,11H2,1-3H3. The summed E-state index contributed by atoms with van der Waals surface area (Å²) in [6.07, 6.45) is 2.61. The molecule has 0 aliphatic rings. The molecule has 0 aromatic heterocycles. The lowest BCUT2D eigenvalue weighted by Gasteiger charge is -2.40. The second-order valence-corrected chi connectivity index (χ2v) is 8.14. The van der Waals surface area contributed by atoms with Crippen molar-refractivity contribution in [3.05, 3.63) is 29.8 Å². The van der Waals surface area contributed by atoms with Gasteiger partial charge in [-0.15, -0.1) is 4.99 Å². The van der Waals surface area contributed by atoms with Gasteiger partial charge in [-0.05, 0) is 24.6 Å². The van der Waals surface area contributed by atoms with Gasteiger partial charge in [-0.1, -0.05) is 37.3 Å². The van der Waals surface area contributed by atoms with Gasteiger partial charge in [0.05, 0.1) is 0 Å². The first-order valence-corrected chi connectivity index (χ1v) is 9.38. The van der Waals surface area contributed by atoms with E-state index >= 15 is 0 Å². The van der Waals surface area contributed by atoms with Crippen LogP contribution in [0.3, 0.4) is 0 Å². The van der Waals surface area contributed by atoms with Gasteiger partial charge in [0, 0.05) is 39.7 Å². The van der Waals surface area contributed by atoms with Crippen molar-refractivity contribution in [2.75, 3.05) is 27.7 Å². The minimum absolute atomic E-state index is 0.121. The predicted molar refractivity (Wildman–Crippen MR) is 93.3 cm³/mol. The van der Waals surface area contributed by atoms with Crippen LogP contribution in [0.5, 0.6) is 0 Å². The van der Waals surface area contributed by atoms with Gasteiger partial charge < -0.3 is 9.80 Å². The number of hydrogen-bond acceptors (Lipinski definition) is 2. The highest BCUT2D eigenvalue weighted by molar-refractivity contribution is 8.45. The predicted octanol–water partition coefficient (Wildman–Crippen LogP) is 4.81. The van der Waals surface area contributed by atoms with E-state index in [-0.39, 0.29) is 5.56 Å². The van der Waals surface area contributed by atoms with Crippen LogP contribution in [0.1, 0.15) is 18.4 Å². The van der Waals surface area contributed by atoms with Gasteiger partial charge in [0.2, 0.25) is 12.2 Å². The number of nitrogens with zero attached hydrogens (tertiary/aromatic N) is 4. The van der Waals surface area contributed by atoms with Crippen molar-refractivity contribution in [2.24, 2.45) is 4.99 Å². The average molecular weight is 394 g/mol. The molecule has 0 aliphatic carbocycles. The largest absolute Gasteiger partial charge is 0.348 e. The van der Waals surface area contributed by atoms with Gasteiger partial charge in [-0.2, -0.15) is 5.26 Å². The van der Waals surface area contributed by atoms with E-state index < -0.39 is 15.1 Å². The quantitative estimate of drug-likeness (QED) is 0.184. The molecule has 0 N–H and O–H groups in total. The molecule has 4 nitrogen and oxygen atoms in total. The summed E-state index contributed by atoms with van der Waals surface area (Å²) in [5.41, 5.74) is -0.121. The molecule has 0 saturated carbocycles. The summed E-state index contributed by atoms with van der Waals surface area (Å²) in [7, 11) is -4.49. The molecule has 0 atom stereocenters. The Hall–Kier alpha value is -2.46. The molecule has 1 rings (SSSR count). The van der Waals surface area contributed by atoms with E-state index in [1.807, 2.05) is 0 Å². The number of halogens is 5. The topological polar surface area (TPSA) is 42.6 Å². The minimum Gasteiger partial charge on any atom is -0.348 e. The van der Waals surface area contributed by atoms with Crippen molar-refractivity contribution in [3.8, 4) is 18.0 Å². The van der Waals surface area contributed by atoms with Gasteiger partial charge in [0.25, 0.3) is 0 Å². The van der Waals surface area contributed by atoms with Gasteiger partial charge >= 0.3 is 10.2 Å². The van der Waals surface area contributed by atoms with Crippen LogP contribution in [0.4, 0.5) is 19.4 Å². The lowest BCUT2D eigenvalue weighted by molar-refractivity contribution is 0.364. The van der Waals surface area contributed by atoms with E-state index in [9.17, 15) is 19.4 Å². The van der Waals surface area contributed by atoms with E-state index in [2.05, 4.69) is 16.8 Å². The van der Waals surface area contributed by atoms with Crippen LogP contribution in [-0.2, 0) is 0 Å². The first-order chi connectivity index (χ1) is 11.7. The van der Waals surface area contributed by atoms with E-state index in [0.29, 0.717) is 37.5 Å². The van der Waals surface area contributed by atoms with Crippen molar-refractivity contribution >= 4 is 16.2 Å². The fourth-order valence-electron chi connectivity index (χ4n) is 2.05. The molecule has 0 spiro atoms. The summed E-state index contributed by atoms with van der Waals surface area (Å²) in [5.74, 6) is 5.60. The smallest absolute Gasteiger partial charge is 0.310 e. The highest BCUT2D eigenvalue weighted by Gasteiger charge is 2.65. The Morgan fingerprint density at radius 2 is 1.81 bits per heavy atom. The summed E-state index contributed by atoms with van der Waals surface area (Å²) in [5, 5.41) is 8.64. The van der Waals surface area contributed by atoms with Crippen molar-refractivity contribution in [2.45, 2.75) is 17.7 Å². The van der Waals surface area contributed by atoms with Crippen molar-refractivity contribution in [3.63, 3.8) is 0 Å². The minimum atomic E-state index is -9.69. The van der Waals surface area contributed by atoms with E-state index in [0.717, 1.165) is 6.07 Å². The van der Waals surface area contributed by atoms with Crippen LogP contribution in [0, 0.1) is 23.3 Å². The number of rotatable bonds is 4. The third-order valence-corrected chi connectivity index (χ3v) is 4.34. The van der Waals surface area contributed by atoms with Crippen molar-refractivity contribution < 1.29 is 19.4 Å². The van der Waals surface area contributed by atoms with Crippen LogP contribution < -0.4 is 0 Å². The number of hydrogen-bond donors (Lipinski definition) is 0. The van der Waals surface area contributed by atoms with E-state index in [1.165, 1.54) is 6.07 Å². The Morgan fingerprint density at radius 3 is 2.35 bits per heavy atom. The maximum Gasteiger partial charge on any atom is 0.310 e. The highest BCUT2D eigenvalue weighted by Crippen LogP contribution is 3.02. The fourth-order valence-corrected chi connectivity index (χ4v) is 2.74. The Morgan fingerprint density at radius 1 is 1.15 bits per heavy atom. The number of benzene rings is 1. The molecule has 1 aromatic rings. The molecule has 1 aromatic carbocycles. The van der Waals surface area contributed by atoms with Gasteiger partial charge in [-0.25, -0.2) is 0 Å². The molecule has 10 heteroatoms. The van der Waals surface area contributed by atoms with Gasteiger partial charge in [0.1, 0.15) is 4.90 Å². The number of unbranched alkanes of at least 4 members (excludes halogenated alkanes) is 1. The molecular formula is C16H19F5N4S. The molecule has 0 aliphatic heterocycles. The first kappa shape index (κ1) is 21.6. The third kappa shape index (κ3) is 6.81. The zero-order valence-electron chi connectivity index (χ0n) is 14.5. The third-order valence-electron chi connectivity index (χ3n) is 3.20. The Kier molecular flexibility index (Phi) is 5.84. The summed E-state index contributed by atoms with van der Waals surface area (Å²) < 4.78 is 63.9. The van der Waals surface area contributed by atoms with E-state index in [4.69, 9.17) is 5.26 Å². The second kappa shape index (κ2) is 7.04. The highest BCUT2D eigenvalue weighted by atomic mass is 32.5. The maximum absolute atomic E-state index is 12.8. The maximum atomic E-state index is 12.8. The summed E-state index contributed by atoms with van der Waals surface area (Å²) in [6.45, 7) is 0.513. The molecule has 144 valence electrons. The molecule has 0 bridgehead atoms. The van der Waals surface area contributed by atoms with Crippen LogP contribution in [0.25, 0.3) is 0 Å². The summed E-state index contributed by atoms with van der Waals surface area (Å²) >= 11 is 0. The number of nitriles is 1. The fraction of sp³-hybridized carbons (Fsp3) is 0.375. The lowest BCUT2D eigenvalue weighted by Crippen LogP contribution is -2.38. The molecule has 0 radical (unpaired) electrons. The van der Waals surface area contributed by atoms with Crippen LogP contribution in [-0.4, -0.2) is 43.4 Å². The average Bonchev–Trinajstić information content (AvgIpc) is 2.50. The first-order valence-electron chi connectivity index (χ1n) is 7.43. The monoisotopic (exact) mass is 394 g/mol. The summed E-state index contributed by atoms with van der Waals surface area (Å²) in [6, 6.07) is 2.87. The Labute approximate surface area is 149 Å². The van der Waals surface area contributed by atoms with Crippen LogP contribution >= 0.6 is 10.2 Å². The van der Waals surface area contributed by atoms with Gasteiger partial charge in [0.15, 0.2) is 0 Å². The molecular weight excluding hydrogens is 375 g/mol. The number of guanidine groups is 1. The van der Waals surface area contributed by atoms with Crippen molar-refractivity contribution in [1.29, 1.82) is 5.26 Å². The SMILES string of the molecule is CN(C)C(=NC#N)N(C)CCCC#Cc1cccc(S(F)(F)(F)(F)F)c1. The molecule has 0 saturated heterocycles. The van der Waals surface area contributed by atoms with Crippen LogP contribution in [0.15, 0.2) is 34.2 Å². The Bertz CT molecular complexity index is 785. The number of aliphatic imine (C=N–C) groups is 1. The second-order valence-electron chi connectivity index (χ2n) is 5.73. The molecule has 0 fully saturated rings. The molecule has 0 heterocycles. The normalized spacial score (nSPS) is 14.3. The lowest BCUT2D eigenvalue weighted by atomic mass is 10.2. The van der Waals surface area contributed by atoms with Crippen LogP contribution in [0.2, 0.25) is 0 Å².